The van der Waals surface area contributed by atoms with E-state index in [0.717, 1.165) is 12.1 Å². The third-order valence-electron chi connectivity index (χ3n) is 3.16. The van der Waals surface area contributed by atoms with Crippen molar-refractivity contribution in [3.8, 4) is 0 Å². The van der Waals surface area contributed by atoms with Gasteiger partial charge in [-0.25, -0.2) is 0 Å². The molecule has 0 aliphatic heterocycles. The van der Waals surface area contributed by atoms with E-state index in [1.165, 1.54) is 7.05 Å². The van der Waals surface area contributed by atoms with Gasteiger partial charge < -0.3 is 9.84 Å². The van der Waals surface area contributed by atoms with Gasteiger partial charge in [0.25, 0.3) is 11.7 Å². The van der Waals surface area contributed by atoms with Crippen LogP contribution in [-0.4, -0.2) is 51.1 Å². The first-order chi connectivity index (χ1) is 10.1. The van der Waals surface area contributed by atoms with E-state index in [9.17, 15) is 4.79 Å². The molecular formula is C13H18N6O2. The zero-order valence-electron chi connectivity index (χ0n) is 12.3. The smallest absolute Gasteiger partial charge is 0.292 e. The molecule has 2 rings (SSSR count). The van der Waals surface area contributed by atoms with E-state index in [2.05, 4.69) is 37.2 Å². The Labute approximate surface area is 122 Å². The first-order valence-electron chi connectivity index (χ1n) is 6.60. The zero-order chi connectivity index (χ0) is 15.2. The Hall–Kier alpha value is -2.35. The molecule has 8 heteroatoms. The molecule has 0 radical (unpaired) electrons. The summed E-state index contributed by atoms with van der Waals surface area (Å²) in [5, 5.41) is 6.09. The molecule has 2 aromatic rings. The molecule has 1 N–H and O–H groups in total. The monoisotopic (exact) mass is 290 g/mol. The van der Waals surface area contributed by atoms with Crippen LogP contribution < -0.4 is 5.32 Å². The van der Waals surface area contributed by atoms with Crippen molar-refractivity contribution in [3.05, 3.63) is 36.0 Å². The number of carbonyl (C=O) groups is 1. The molecule has 0 saturated carbocycles. The quantitative estimate of drug-likeness (QED) is 0.816. The predicted molar refractivity (Wildman–Crippen MR) is 74.4 cm³/mol. The molecule has 8 nitrogen and oxygen atoms in total. The number of carbonyl (C=O) groups excluding carboxylic acids is 1. The number of nitrogens with zero attached hydrogens (tertiary/aromatic N) is 5. The molecule has 1 atom stereocenters. The minimum atomic E-state index is -0.361. The lowest BCUT2D eigenvalue weighted by Gasteiger charge is -2.22. The Bertz CT molecular complexity index is 585. The maximum absolute atomic E-state index is 11.4. The van der Waals surface area contributed by atoms with Crippen LogP contribution in [0.2, 0.25) is 0 Å². The number of hydrogen-bond donors (Lipinski definition) is 1. The fourth-order valence-corrected chi connectivity index (χ4v) is 1.79. The summed E-state index contributed by atoms with van der Waals surface area (Å²) in [6, 6.07) is 0.219. The summed E-state index contributed by atoms with van der Waals surface area (Å²) in [5.41, 5.74) is 0.924. The molecule has 0 fully saturated rings. The Morgan fingerprint density at radius 3 is 2.95 bits per heavy atom. The van der Waals surface area contributed by atoms with E-state index in [1.807, 2.05) is 7.05 Å². The van der Waals surface area contributed by atoms with Crippen LogP contribution >= 0.6 is 0 Å². The molecule has 2 heterocycles. The number of likely N-dealkylation sites (N-methyl/N-ethyl adjacent to an activating group) is 1. The fourth-order valence-electron chi connectivity index (χ4n) is 1.79. The second kappa shape index (κ2) is 6.89. The van der Waals surface area contributed by atoms with E-state index in [1.54, 1.807) is 18.6 Å². The van der Waals surface area contributed by atoms with Crippen molar-refractivity contribution in [2.24, 2.45) is 0 Å². The predicted octanol–water partition coefficient (Wildman–Crippen LogP) is 0.282. The molecule has 0 aliphatic rings. The number of amides is 1. The summed E-state index contributed by atoms with van der Waals surface area (Å²) < 4.78 is 5.07. The third-order valence-corrected chi connectivity index (χ3v) is 3.16. The summed E-state index contributed by atoms with van der Waals surface area (Å²) >= 11 is 0. The van der Waals surface area contributed by atoms with Crippen molar-refractivity contribution >= 4 is 5.91 Å². The molecule has 0 bridgehead atoms. The van der Waals surface area contributed by atoms with E-state index >= 15 is 0 Å². The molecule has 0 unspecified atom stereocenters. The van der Waals surface area contributed by atoms with Crippen LogP contribution in [0.4, 0.5) is 0 Å². The van der Waals surface area contributed by atoms with Crippen LogP contribution in [0.5, 0.6) is 0 Å². The van der Waals surface area contributed by atoms with Crippen molar-refractivity contribution in [1.82, 2.24) is 30.3 Å². The fraction of sp³-hybridized carbons (Fsp3) is 0.462. The molecule has 0 aromatic carbocycles. The summed E-state index contributed by atoms with van der Waals surface area (Å²) in [5.74, 6) is 0.0878. The molecule has 21 heavy (non-hydrogen) atoms. The molecule has 0 saturated heterocycles. The minimum Gasteiger partial charge on any atom is -0.352 e. The van der Waals surface area contributed by atoms with Gasteiger partial charge in [0.1, 0.15) is 0 Å². The van der Waals surface area contributed by atoms with Crippen molar-refractivity contribution < 1.29 is 9.32 Å². The number of nitrogens with one attached hydrogen (secondary N) is 1. The SMILES string of the molecule is CNC(=O)c1noc(CN(C)[C@H](C)Cc2cnccn2)n1. The van der Waals surface area contributed by atoms with Crippen LogP contribution in [0.15, 0.2) is 23.1 Å². The highest BCUT2D eigenvalue weighted by atomic mass is 16.5. The first-order valence-corrected chi connectivity index (χ1v) is 6.60. The summed E-state index contributed by atoms with van der Waals surface area (Å²) in [7, 11) is 3.47. The van der Waals surface area contributed by atoms with Gasteiger partial charge in [0.05, 0.1) is 12.2 Å². The van der Waals surface area contributed by atoms with Crippen LogP contribution in [0.3, 0.4) is 0 Å². The Balaban J connectivity index is 1.92. The van der Waals surface area contributed by atoms with Gasteiger partial charge in [-0.05, 0) is 14.0 Å². The van der Waals surface area contributed by atoms with Gasteiger partial charge in [-0.1, -0.05) is 5.16 Å². The van der Waals surface area contributed by atoms with Gasteiger partial charge in [0.15, 0.2) is 0 Å². The largest absolute Gasteiger partial charge is 0.352 e. The highest BCUT2D eigenvalue weighted by Gasteiger charge is 2.17. The molecular weight excluding hydrogens is 272 g/mol. The number of rotatable bonds is 6. The maximum atomic E-state index is 11.4. The Morgan fingerprint density at radius 1 is 1.48 bits per heavy atom. The average Bonchev–Trinajstić information content (AvgIpc) is 2.96. The highest BCUT2D eigenvalue weighted by molar-refractivity contribution is 5.89. The second-order valence-corrected chi connectivity index (χ2v) is 4.76. The van der Waals surface area contributed by atoms with E-state index in [0.29, 0.717) is 12.4 Å². The number of aromatic nitrogens is 4. The lowest BCUT2D eigenvalue weighted by molar-refractivity contribution is 0.0950. The Kier molecular flexibility index (Phi) is 4.94. The van der Waals surface area contributed by atoms with Gasteiger partial charge in [0, 0.05) is 38.1 Å². The van der Waals surface area contributed by atoms with Gasteiger partial charge in [-0.3, -0.25) is 19.7 Å². The van der Waals surface area contributed by atoms with Gasteiger partial charge in [-0.15, -0.1) is 0 Å². The third kappa shape index (κ3) is 4.06. The van der Waals surface area contributed by atoms with Crippen molar-refractivity contribution in [2.45, 2.75) is 25.9 Å². The lowest BCUT2D eigenvalue weighted by Crippen LogP contribution is -2.31. The first kappa shape index (κ1) is 15.0. The molecule has 0 spiro atoms. The average molecular weight is 290 g/mol. The van der Waals surface area contributed by atoms with E-state index in [-0.39, 0.29) is 17.8 Å². The zero-order valence-corrected chi connectivity index (χ0v) is 12.3. The Morgan fingerprint density at radius 2 is 2.29 bits per heavy atom. The van der Waals surface area contributed by atoms with Gasteiger partial charge >= 0.3 is 0 Å². The normalized spacial score (nSPS) is 12.4. The molecule has 0 aliphatic carbocycles. The lowest BCUT2D eigenvalue weighted by atomic mass is 10.1. The van der Waals surface area contributed by atoms with E-state index in [4.69, 9.17) is 4.52 Å². The summed E-state index contributed by atoms with van der Waals surface area (Å²) in [6.07, 6.45) is 5.84. The second-order valence-electron chi connectivity index (χ2n) is 4.76. The highest BCUT2D eigenvalue weighted by Crippen LogP contribution is 2.08. The molecule has 1 amide bonds. The minimum absolute atomic E-state index is 0.0440. The van der Waals surface area contributed by atoms with Gasteiger partial charge in [0.2, 0.25) is 5.89 Å². The van der Waals surface area contributed by atoms with Crippen LogP contribution in [0, 0.1) is 0 Å². The van der Waals surface area contributed by atoms with Crippen LogP contribution in [0.25, 0.3) is 0 Å². The topological polar surface area (TPSA) is 97.0 Å². The molecule has 2 aromatic heterocycles. The maximum Gasteiger partial charge on any atom is 0.292 e. The summed E-state index contributed by atoms with van der Waals surface area (Å²) in [6.45, 7) is 2.54. The summed E-state index contributed by atoms with van der Waals surface area (Å²) in [4.78, 5) is 25.8. The standard InChI is InChI=1S/C13H18N6O2/c1-9(6-10-7-15-4-5-16-10)19(3)8-11-17-12(18-21-11)13(20)14-2/h4-5,7,9H,6,8H2,1-3H3,(H,14,20)/t9-/m1/s1. The van der Waals surface area contributed by atoms with Crippen molar-refractivity contribution in [1.29, 1.82) is 0 Å². The van der Waals surface area contributed by atoms with Crippen molar-refractivity contribution in [3.63, 3.8) is 0 Å². The molecule has 112 valence electrons. The number of hydrogen-bond acceptors (Lipinski definition) is 7. The van der Waals surface area contributed by atoms with Crippen molar-refractivity contribution in [2.75, 3.05) is 14.1 Å². The van der Waals surface area contributed by atoms with Crippen LogP contribution in [-0.2, 0) is 13.0 Å². The van der Waals surface area contributed by atoms with Gasteiger partial charge in [-0.2, -0.15) is 4.98 Å². The van der Waals surface area contributed by atoms with Crippen LogP contribution in [0.1, 0.15) is 29.1 Å². The van der Waals surface area contributed by atoms with E-state index < -0.39 is 0 Å².